The average Bonchev–Trinajstić information content (AvgIpc) is 3.31. The Morgan fingerprint density at radius 2 is 2.00 bits per heavy atom. The van der Waals surface area contributed by atoms with Crippen LogP contribution >= 0.6 is 23.4 Å². The lowest BCUT2D eigenvalue weighted by molar-refractivity contribution is -0.141. The second-order valence-corrected chi connectivity index (χ2v) is 8.12. The van der Waals surface area contributed by atoms with Crippen molar-refractivity contribution < 1.29 is 13.2 Å². The number of aryl methyl sites for hydroxylation is 1. The highest BCUT2D eigenvalue weighted by Crippen LogP contribution is 2.35. The van der Waals surface area contributed by atoms with E-state index in [4.69, 9.17) is 11.6 Å². The largest absolute Gasteiger partial charge is 0.433 e. The minimum atomic E-state index is -4.70. The maximum absolute atomic E-state index is 13.2. The fourth-order valence-corrected chi connectivity index (χ4v) is 3.98. The van der Waals surface area contributed by atoms with Gasteiger partial charge in [0, 0.05) is 11.9 Å². The Balaban J connectivity index is 1.97. The van der Waals surface area contributed by atoms with Crippen molar-refractivity contribution in [2.45, 2.75) is 18.0 Å². The zero-order chi connectivity index (χ0) is 22.3. The zero-order valence-electron chi connectivity index (χ0n) is 16.1. The van der Waals surface area contributed by atoms with Gasteiger partial charge in [-0.05, 0) is 24.0 Å². The van der Waals surface area contributed by atoms with Crippen LogP contribution in [0.3, 0.4) is 0 Å². The van der Waals surface area contributed by atoms with E-state index in [2.05, 4.69) is 20.1 Å². The van der Waals surface area contributed by atoms with Crippen molar-refractivity contribution >= 4 is 34.4 Å². The van der Waals surface area contributed by atoms with Gasteiger partial charge in [0.05, 0.1) is 22.9 Å². The third kappa shape index (κ3) is 3.84. The number of hydrogen-bond acceptors (Lipinski definition) is 6. The van der Waals surface area contributed by atoms with Crippen molar-refractivity contribution in [2.75, 3.05) is 5.75 Å². The molecule has 0 bridgehead atoms. The predicted octanol–water partition coefficient (Wildman–Crippen LogP) is 4.87. The van der Waals surface area contributed by atoms with Gasteiger partial charge in [-0.3, -0.25) is 0 Å². The molecule has 7 nitrogen and oxygen atoms in total. The van der Waals surface area contributed by atoms with E-state index in [9.17, 15) is 18.4 Å². The van der Waals surface area contributed by atoms with Crippen LogP contribution in [0, 0.1) is 11.3 Å². The molecule has 0 aliphatic heterocycles. The normalized spacial score (nSPS) is 11.8. The minimum Gasteiger partial charge on any atom is -0.323 e. The number of nitriles is 1. The second kappa shape index (κ2) is 7.86. The van der Waals surface area contributed by atoms with E-state index in [-0.39, 0.29) is 16.7 Å². The molecule has 0 atom stereocenters. The van der Waals surface area contributed by atoms with Crippen molar-refractivity contribution in [3.05, 3.63) is 47.0 Å². The fourth-order valence-electron chi connectivity index (χ4n) is 3.09. The van der Waals surface area contributed by atoms with Gasteiger partial charge in [0.25, 0.3) is 0 Å². The molecule has 0 saturated heterocycles. The molecule has 4 rings (SSSR count). The van der Waals surface area contributed by atoms with Crippen molar-refractivity contribution in [1.29, 1.82) is 5.26 Å². The first-order valence-corrected chi connectivity index (χ1v) is 10.3. The van der Waals surface area contributed by atoms with E-state index in [0.717, 1.165) is 16.7 Å². The van der Waals surface area contributed by atoms with Crippen LogP contribution in [0.15, 0.2) is 35.5 Å². The number of aromatic nitrogens is 6. The Labute approximate surface area is 183 Å². The molecule has 0 spiro atoms. The summed E-state index contributed by atoms with van der Waals surface area (Å²) in [6.07, 6.45) is -1.64. The molecule has 31 heavy (non-hydrogen) atoms. The van der Waals surface area contributed by atoms with Crippen LogP contribution in [0.5, 0.6) is 0 Å². The van der Waals surface area contributed by atoms with Crippen LogP contribution in [0.25, 0.3) is 28.4 Å². The van der Waals surface area contributed by atoms with Crippen LogP contribution in [0.1, 0.15) is 18.3 Å². The molecule has 4 heterocycles. The molecule has 4 aromatic rings. The van der Waals surface area contributed by atoms with Gasteiger partial charge < -0.3 is 4.57 Å². The molecule has 0 saturated carbocycles. The quantitative estimate of drug-likeness (QED) is 0.401. The fraction of sp³-hybridized carbons (Fsp3) is 0.211. The lowest BCUT2D eigenvalue weighted by Gasteiger charge is -2.10. The van der Waals surface area contributed by atoms with Crippen molar-refractivity contribution in [1.82, 2.24) is 29.3 Å². The van der Waals surface area contributed by atoms with Gasteiger partial charge in [0.15, 0.2) is 17.3 Å². The molecule has 0 aromatic carbocycles. The van der Waals surface area contributed by atoms with Crippen molar-refractivity contribution in [3.8, 4) is 23.4 Å². The third-order valence-electron chi connectivity index (χ3n) is 4.39. The first-order chi connectivity index (χ1) is 14.7. The Morgan fingerprint density at radius 1 is 1.23 bits per heavy atom. The molecule has 0 aliphatic rings. The predicted molar refractivity (Wildman–Crippen MR) is 110 cm³/mol. The number of alkyl halides is 3. The highest BCUT2D eigenvalue weighted by molar-refractivity contribution is 7.99. The van der Waals surface area contributed by atoms with Gasteiger partial charge in [-0.25, -0.2) is 19.6 Å². The Hall–Kier alpha value is -3.10. The van der Waals surface area contributed by atoms with Gasteiger partial charge in [-0.1, -0.05) is 18.5 Å². The maximum Gasteiger partial charge on any atom is 0.433 e. The number of pyridine rings is 2. The first-order valence-electron chi connectivity index (χ1n) is 8.92. The van der Waals surface area contributed by atoms with Gasteiger partial charge in [0.1, 0.15) is 23.0 Å². The SMILES string of the molecule is CCSc1ccc(-n2cc(Cl)cn2)nc1-c1nc2cc(C(F)(F)F)nc(C#N)c2n1C. The number of fused-ring (bicyclic) bond motifs is 1. The van der Waals surface area contributed by atoms with Gasteiger partial charge in [-0.15, -0.1) is 11.8 Å². The first kappa shape index (κ1) is 21.1. The summed E-state index contributed by atoms with van der Waals surface area (Å²) in [6.45, 7) is 1.97. The number of nitrogens with zero attached hydrogens (tertiary/aromatic N) is 7. The Kier molecular flexibility index (Phi) is 5.36. The van der Waals surface area contributed by atoms with E-state index in [1.165, 1.54) is 27.2 Å². The Bertz CT molecular complexity index is 1340. The second-order valence-electron chi connectivity index (χ2n) is 6.38. The van der Waals surface area contributed by atoms with Crippen LogP contribution in [0.2, 0.25) is 5.02 Å². The standard InChI is InChI=1S/C19H13ClF3N7S/c1-3-31-13-4-5-15(30-9-10(20)8-25-30)28-16(13)18-27-11-6-14(19(21,22)23)26-12(7-24)17(11)29(18)2/h4-6,8-9H,3H2,1-2H3. The van der Waals surface area contributed by atoms with Gasteiger partial charge in [0.2, 0.25) is 0 Å². The van der Waals surface area contributed by atoms with Gasteiger partial charge in [-0.2, -0.15) is 23.5 Å². The third-order valence-corrected chi connectivity index (χ3v) is 5.51. The van der Waals surface area contributed by atoms with Crippen molar-refractivity contribution in [3.63, 3.8) is 0 Å². The topological polar surface area (TPSA) is 85.2 Å². The summed E-state index contributed by atoms with van der Waals surface area (Å²) >= 11 is 7.46. The number of rotatable bonds is 4. The van der Waals surface area contributed by atoms with Crippen LogP contribution in [-0.4, -0.2) is 35.1 Å². The summed E-state index contributed by atoms with van der Waals surface area (Å²) in [4.78, 5) is 13.3. The van der Waals surface area contributed by atoms with E-state index >= 15 is 0 Å². The summed E-state index contributed by atoms with van der Waals surface area (Å²) in [7, 11) is 1.61. The summed E-state index contributed by atoms with van der Waals surface area (Å²) in [5.41, 5.74) is -0.861. The summed E-state index contributed by atoms with van der Waals surface area (Å²) in [5.74, 6) is 1.52. The highest BCUT2D eigenvalue weighted by atomic mass is 35.5. The number of imidazole rings is 1. The number of thioether (sulfide) groups is 1. The molecule has 158 valence electrons. The monoisotopic (exact) mass is 463 g/mol. The smallest absolute Gasteiger partial charge is 0.323 e. The van der Waals surface area contributed by atoms with E-state index < -0.39 is 11.9 Å². The summed E-state index contributed by atoms with van der Waals surface area (Å²) < 4.78 is 42.7. The Morgan fingerprint density at radius 3 is 2.61 bits per heavy atom. The lowest BCUT2D eigenvalue weighted by atomic mass is 10.2. The molecular formula is C19H13ClF3N7S. The molecule has 4 aromatic heterocycles. The maximum atomic E-state index is 13.2. The average molecular weight is 464 g/mol. The minimum absolute atomic E-state index is 0.0122. The van der Waals surface area contributed by atoms with Crippen LogP contribution in [-0.2, 0) is 13.2 Å². The molecule has 0 unspecified atom stereocenters. The lowest BCUT2D eigenvalue weighted by Crippen LogP contribution is -2.09. The molecule has 0 aliphatic carbocycles. The van der Waals surface area contributed by atoms with Gasteiger partial charge >= 0.3 is 6.18 Å². The highest BCUT2D eigenvalue weighted by Gasteiger charge is 2.34. The van der Waals surface area contributed by atoms with Crippen LogP contribution < -0.4 is 0 Å². The summed E-state index contributed by atoms with van der Waals surface area (Å²) in [5, 5.41) is 14.0. The zero-order valence-corrected chi connectivity index (χ0v) is 17.7. The molecule has 0 fully saturated rings. The molecule has 0 N–H and O–H groups in total. The summed E-state index contributed by atoms with van der Waals surface area (Å²) in [6, 6.07) is 6.18. The number of hydrogen-bond donors (Lipinski definition) is 0. The van der Waals surface area contributed by atoms with Crippen molar-refractivity contribution in [2.24, 2.45) is 7.05 Å². The van der Waals surface area contributed by atoms with E-state index in [1.54, 1.807) is 25.4 Å². The van der Waals surface area contributed by atoms with Crippen LogP contribution in [0.4, 0.5) is 13.2 Å². The molecule has 0 radical (unpaired) electrons. The number of halogens is 4. The van der Waals surface area contributed by atoms with E-state index in [1.807, 2.05) is 13.0 Å². The molecular weight excluding hydrogens is 451 g/mol. The molecule has 0 amide bonds. The molecule has 12 heteroatoms. The van der Waals surface area contributed by atoms with E-state index in [0.29, 0.717) is 22.4 Å².